The quantitative estimate of drug-likeness (QED) is 0.378. The van der Waals surface area contributed by atoms with Crippen LogP contribution in [0.5, 0.6) is 0 Å². The van der Waals surface area contributed by atoms with E-state index in [1.807, 2.05) is 0 Å². The maximum Gasteiger partial charge on any atom is -0.00650 e. The molecule has 1 heteroatoms. The molecule has 0 saturated heterocycles. The van der Waals surface area contributed by atoms with Crippen molar-refractivity contribution in [3.63, 3.8) is 0 Å². The van der Waals surface area contributed by atoms with Crippen LogP contribution < -0.4 is 0 Å². The Hall–Kier alpha value is 0.350. The molecule has 0 aromatic heterocycles. The minimum atomic E-state index is 0.884. The standard InChI is InChI=1S/C16H34S/c1-5-6-7-8-13-17-14-12-16(4)11-9-10-15(2)3/h15-16H,5-14H2,1-4H3. The first-order chi connectivity index (χ1) is 8.16. The van der Waals surface area contributed by atoms with Crippen LogP contribution in [0, 0.1) is 11.8 Å². The first-order valence-corrected chi connectivity index (χ1v) is 8.90. The van der Waals surface area contributed by atoms with E-state index in [4.69, 9.17) is 0 Å². The number of thioether (sulfide) groups is 1. The van der Waals surface area contributed by atoms with E-state index in [9.17, 15) is 0 Å². The Morgan fingerprint density at radius 1 is 0.765 bits per heavy atom. The van der Waals surface area contributed by atoms with Crippen molar-refractivity contribution in [1.82, 2.24) is 0 Å². The van der Waals surface area contributed by atoms with Crippen molar-refractivity contribution in [2.75, 3.05) is 11.5 Å². The molecule has 0 nitrogen and oxygen atoms in total. The van der Waals surface area contributed by atoms with Crippen molar-refractivity contribution >= 4 is 11.8 Å². The third kappa shape index (κ3) is 14.3. The molecule has 0 bridgehead atoms. The maximum absolute atomic E-state index is 2.43. The summed E-state index contributed by atoms with van der Waals surface area (Å²) in [5, 5.41) is 0. The third-order valence-electron chi connectivity index (χ3n) is 3.38. The van der Waals surface area contributed by atoms with Crippen LogP contribution >= 0.6 is 11.8 Å². The monoisotopic (exact) mass is 258 g/mol. The lowest BCUT2D eigenvalue weighted by Gasteiger charge is -2.11. The third-order valence-corrected chi connectivity index (χ3v) is 4.48. The summed E-state index contributed by atoms with van der Waals surface area (Å²) in [6.45, 7) is 9.37. The van der Waals surface area contributed by atoms with E-state index in [-0.39, 0.29) is 0 Å². The van der Waals surface area contributed by atoms with E-state index in [0.717, 1.165) is 11.8 Å². The Morgan fingerprint density at radius 2 is 1.53 bits per heavy atom. The zero-order chi connectivity index (χ0) is 12.9. The van der Waals surface area contributed by atoms with Crippen molar-refractivity contribution in [3.05, 3.63) is 0 Å². The number of unbranched alkanes of at least 4 members (excludes halogenated alkanes) is 3. The largest absolute Gasteiger partial charge is 0.162 e. The zero-order valence-corrected chi connectivity index (χ0v) is 13.5. The van der Waals surface area contributed by atoms with Crippen LogP contribution in [0.15, 0.2) is 0 Å². The fourth-order valence-corrected chi connectivity index (χ4v) is 3.22. The Morgan fingerprint density at radius 3 is 2.18 bits per heavy atom. The molecule has 0 saturated carbocycles. The molecule has 0 aromatic carbocycles. The molecule has 0 N–H and O–H groups in total. The van der Waals surface area contributed by atoms with Gasteiger partial charge in [0.05, 0.1) is 0 Å². The van der Waals surface area contributed by atoms with E-state index in [1.54, 1.807) is 0 Å². The highest BCUT2D eigenvalue weighted by atomic mass is 32.2. The summed E-state index contributed by atoms with van der Waals surface area (Å²) in [6, 6.07) is 0. The van der Waals surface area contributed by atoms with Crippen molar-refractivity contribution < 1.29 is 0 Å². The van der Waals surface area contributed by atoms with Gasteiger partial charge in [-0.3, -0.25) is 0 Å². The molecular weight excluding hydrogens is 224 g/mol. The minimum absolute atomic E-state index is 0.884. The van der Waals surface area contributed by atoms with Gasteiger partial charge in [0.2, 0.25) is 0 Å². The summed E-state index contributed by atoms with van der Waals surface area (Å²) in [5.74, 6) is 4.60. The van der Waals surface area contributed by atoms with Gasteiger partial charge in [0, 0.05) is 0 Å². The molecule has 0 aliphatic rings. The first-order valence-electron chi connectivity index (χ1n) is 7.74. The second-order valence-electron chi connectivity index (χ2n) is 5.89. The lowest BCUT2D eigenvalue weighted by Crippen LogP contribution is -1.98. The van der Waals surface area contributed by atoms with Crippen LogP contribution in [-0.2, 0) is 0 Å². The summed E-state index contributed by atoms with van der Waals surface area (Å²) in [7, 11) is 0. The van der Waals surface area contributed by atoms with Crippen LogP contribution in [0.3, 0.4) is 0 Å². The Balaban J connectivity index is 3.13. The SMILES string of the molecule is CCCCCCSCCC(C)CCCC(C)C. The molecule has 1 atom stereocenters. The fourth-order valence-electron chi connectivity index (χ4n) is 2.04. The topological polar surface area (TPSA) is 0 Å². The molecule has 0 radical (unpaired) electrons. The lowest BCUT2D eigenvalue weighted by atomic mass is 9.98. The molecular formula is C16H34S. The normalized spacial score (nSPS) is 13.2. The first kappa shape index (κ1) is 17.4. The molecule has 0 rings (SSSR count). The molecule has 0 spiro atoms. The second-order valence-corrected chi connectivity index (χ2v) is 7.12. The zero-order valence-electron chi connectivity index (χ0n) is 12.6. The summed E-state index contributed by atoms with van der Waals surface area (Å²) < 4.78 is 0. The van der Waals surface area contributed by atoms with Gasteiger partial charge in [-0.1, -0.05) is 66.2 Å². The van der Waals surface area contributed by atoms with Crippen LogP contribution in [0.1, 0.15) is 79.1 Å². The highest BCUT2D eigenvalue weighted by molar-refractivity contribution is 7.99. The van der Waals surface area contributed by atoms with E-state index in [2.05, 4.69) is 39.5 Å². The average Bonchev–Trinajstić information content (AvgIpc) is 2.27. The van der Waals surface area contributed by atoms with Crippen molar-refractivity contribution in [1.29, 1.82) is 0 Å². The summed E-state index contributed by atoms with van der Waals surface area (Å²) in [4.78, 5) is 0. The van der Waals surface area contributed by atoms with Crippen molar-refractivity contribution in [2.45, 2.75) is 79.1 Å². The van der Waals surface area contributed by atoms with E-state index in [1.165, 1.54) is 62.9 Å². The maximum atomic E-state index is 2.43. The predicted octanol–water partition coefficient (Wildman–Crippen LogP) is 6.15. The number of hydrogen-bond donors (Lipinski definition) is 0. The summed E-state index contributed by atoms with van der Waals surface area (Å²) in [6.07, 6.45) is 11.4. The second kappa shape index (κ2) is 12.8. The fraction of sp³-hybridized carbons (Fsp3) is 1.00. The van der Waals surface area contributed by atoms with Gasteiger partial charge in [0.25, 0.3) is 0 Å². The molecule has 17 heavy (non-hydrogen) atoms. The van der Waals surface area contributed by atoms with Gasteiger partial charge in [0.1, 0.15) is 0 Å². The van der Waals surface area contributed by atoms with Gasteiger partial charge in [-0.2, -0.15) is 11.8 Å². The van der Waals surface area contributed by atoms with Gasteiger partial charge in [-0.05, 0) is 36.2 Å². The van der Waals surface area contributed by atoms with Crippen LogP contribution in [0.25, 0.3) is 0 Å². The van der Waals surface area contributed by atoms with Crippen LogP contribution in [-0.4, -0.2) is 11.5 Å². The van der Waals surface area contributed by atoms with E-state index >= 15 is 0 Å². The summed E-state index contributed by atoms with van der Waals surface area (Å²) >= 11 is 2.17. The molecule has 0 aromatic rings. The van der Waals surface area contributed by atoms with Crippen molar-refractivity contribution in [2.24, 2.45) is 11.8 Å². The van der Waals surface area contributed by atoms with Crippen LogP contribution in [0.2, 0.25) is 0 Å². The molecule has 1 unspecified atom stereocenters. The van der Waals surface area contributed by atoms with Crippen molar-refractivity contribution in [3.8, 4) is 0 Å². The van der Waals surface area contributed by atoms with E-state index < -0.39 is 0 Å². The smallest absolute Gasteiger partial charge is 0.00650 e. The number of hydrogen-bond acceptors (Lipinski definition) is 1. The molecule has 0 aliphatic carbocycles. The Kier molecular flexibility index (Phi) is 13.1. The van der Waals surface area contributed by atoms with Gasteiger partial charge in [0.15, 0.2) is 0 Å². The molecule has 0 fully saturated rings. The summed E-state index contributed by atoms with van der Waals surface area (Å²) in [5.41, 5.74) is 0. The van der Waals surface area contributed by atoms with Gasteiger partial charge >= 0.3 is 0 Å². The lowest BCUT2D eigenvalue weighted by molar-refractivity contribution is 0.451. The molecule has 104 valence electrons. The van der Waals surface area contributed by atoms with Gasteiger partial charge < -0.3 is 0 Å². The van der Waals surface area contributed by atoms with Gasteiger partial charge in [-0.25, -0.2) is 0 Å². The Labute approximate surface area is 114 Å². The van der Waals surface area contributed by atoms with Gasteiger partial charge in [-0.15, -0.1) is 0 Å². The number of rotatable bonds is 12. The highest BCUT2D eigenvalue weighted by Crippen LogP contribution is 2.18. The highest BCUT2D eigenvalue weighted by Gasteiger charge is 2.03. The Bertz CT molecular complexity index is 142. The van der Waals surface area contributed by atoms with E-state index in [0.29, 0.717) is 0 Å². The molecule has 0 aliphatic heterocycles. The minimum Gasteiger partial charge on any atom is -0.162 e. The predicted molar refractivity (Wildman–Crippen MR) is 83.9 cm³/mol. The molecule has 0 heterocycles. The van der Waals surface area contributed by atoms with Crippen LogP contribution in [0.4, 0.5) is 0 Å². The molecule has 0 amide bonds. The average molecular weight is 259 g/mol.